The molecule has 3 N–H and O–H groups in total. The number of aryl methyl sites for hydroxylation is 1. The van der Waals surface area contributed by atoms with E-state index in [1.165, 1.54) is 16.8 Å². The molecule has 2 aliphatic rings. The van der Waals surface area contributed by atoms with Crippen molar-refractivity contribution in [2.75, 3.05) is 18.0 Å². The van der Waals surface area contributed by atoms with Crippen LogP contribution < -0.4 is 10.6 Å². The summed E-state index contributed by atoms with van der Waals surface area (Å²) in [5.74, 6) is -0.956. The second-order valence-electron chi connectivity index (χ2n) is 4.84. The topological polar surface area (TPSA) is 66.6 Å². The van der Waals surface area contributed by atoms with Gasteiger partial charge in [0.15, 0.2) is 0 Å². The predicted octanol–water partition coefficient (Wildman–Crippen LogP) is 1.08. The van der Waals surface area contributed by atoms with Crippen molar-refractivity contribution in [2.45, 2.75) is 25.3 Å². The minimum Gasteiger partial charge on any atom is -0.480 e. The fourth-order valence-electron chi connectivity index (χ4n) is 2.95. The number of carbonyl (C=O) groups is 1. The van der Waals surface area contributed by atoms with Crippen LogP contribution in [-0.4, -0.2) is 24.2 Å². The van der Waals surface area contributed by atoms with Gasteiger partial charge in [-0.3, -0.25) is 4.79 Å². The molecular formula is C13H16N2O2. The minimum absolute atomic E-state index is 0.745. The first-order valence-electron chi connectivity index (χ1n) is 6.06. The van der Waals surface area contributed by atoms with Gasteiger partial charge in [-0.2, -0.15) is 0 Å². The van der Waals surface area contributed by atoms with Crippen LogP contribution in [0.1, 0.15) is 29.2 Å². The molecular weight excluding hydrogens is 216 g/mol. The molecule has 17 heavy (non-hydrogen) atoms. The number of anilines is 1. The third-order valence-electron chi connectivity index (χ3n) is 3.76. The number of rotatable bonds is 2. The first kappa shape index (κ1) is 10.6. The van der Waals surface area contributed by atoms with Gasteiger partial charge < -0.3 is 15.7 Å². The molecule has 0 spiro atoms. The van der Waals surface area contributed by atoms with Crippen LogP contribution in [0.4, 0.5) is 5.69 Å². The van der Waals surface area contributed by atoms with Gasteiger partial charge in [-0.15, -0.1) is 0 Å². The van der Waals surface area contributed by atoms with Gasteiger partial charge in [0.2, 0.25) is 0 Å². The van der Waals surface area contributed by atoms with Gasteiger partial charge in [-0.25, -0.2) is 0 Å². The Morgan fingerprint density at radius 1 is 1.29 bits per heavy atom. The SMILES string of the molecule is NC(C(=O)O)c1cc2c3c(c1)CCN3CCC2. The molecule has 1 aromatic rings. The van der Waals surface area contributed by atoms with E-state index in [2.05, 4.69) is 4.90 Å². The molecule has 0 radical (unpaired) electrons. The van der Waals surface area contributed by atoms with Crippen LogP contribution in [0, 0.1) is 0 Å². The minimum atomic E-state index is -0.956. The molecule has 3 rings (SSSR count). The number of carboxylic acids is 1. The second kappa shape index (κ2) is 3.74. The van der Waals surface area contributed by atoms with Crippen LogP contribution in [0.3, 0.4) is 0 Å². The molecule has 0 aliphatic carbocycles. The third kappa shape index (κ3) is 1.60. The number of hydrogen-bond acceptors (Lipinski definition) is 3. The molecule has 4 heteroatoms. The number of benzene rings is 1. The number of nitrogens with two attached hydrogens (primary N) is 1. The van der Waals surface area contributed by atoms with Crippen LogP contribution in [0.2, 0.25) is 0 Å². The summed E-state index contributed by atoms with van der Waals surface area (Å²) in [5.41, 5.74) is 10.3. The summed E-state index contributed by atoms with van der Waals surface area (Å²) in [4.78, 5) is 13.3. The lowest BCUT2D eigenvalue weighted by molar-refractivity contribution is -0.138. The molecule has 1 unspecified atom stereocenters. The van der Waals surface area contributed by atoms with E-state index >= 15 is 0 Å². The molecule has 0 saturated carbocycles. The lowest BCUT2D eigenvalue weighted by Gasteiger charge is -2.27. The summed E-state index contributed by atoms with van der Waals surface area (Å²) in [7, 11) is 0. The number of hydrogen-bond donors (Lipinski definition) is 2. The summed E-state index contributed by atoms with van der Waals surface area (Å²) >= 11 is 0. The summed E-state index contributed by atoms with van der Waals surface area (Å²) in [6, 6.07) is 3.06. The van der Waals surface area contributed by atoms with Crippen molar-refractivity contribution in [3.8, 4) is 0 Å². The number of carboxylic acid groups (broad SMARTS) is 1. The monoisotopic (exact) mass is 232 g/mol. The summed E-state index contributed by atoms with van der Waals surface area (Å²) in [6.07, 6.45) is 3.21. The van der Waals surface area contributed by atoms with Crippen molar-refractivity contribution in [3.05, 3.63) is 28.8 Å². The van der Waals surface area contributed by atoms with Gasteiger partial charge in [0.25, 0.3) is 0 Å². The largest absolute Gasteiger partial charge is 0.480 e. The van der Waals surface area contributed by atoms with Gasteiger partial charge in [0, 0.05) is 18.8 Å². The highest BCUT2D eigenvalue weighted by molar-refractivity contribution is 5.77. The molecule has 1 atom stereocenters. The fourth-order valence-corrected chi connectivity index (χ4v) is 2.95. The van der Waals surface area contributed by atoms with Crippen LogP contribution in [0.25, 0.3) is 0 Å². The summed E-state index contributed by atoms with van der Waals surface area (Å²) < 4.78 is 0. The predicted molar refractivity (Wildman–Crippen MR) is 65.2 cm³/mol. The normalized spacial score (nSPS) is 19.0. The lowest BCUT2D eigenvalue weighted by atomic mass is 9.94. The van der Waals surface area contributed by atoms with Gasteiger partial charge >= 0.3 is 5.97 Å². The molecule has 0 amide bonds. The average molecular weight is 232 g/mol. The zero-order valence-electron chi connectivity index (χ0n) is 9.65. The Kier molecular flexibility index (Phi) is 2.33. The van der Waals surface area contributed by atoms with E-state index in [1.807, 2.05) is 12.1 Å². The Bertz CT molecular complexity index is 485. The molecule has 0 fully saturated rings. The van der Waals surface area contributed by atoms with Crippen LogP contribution in [0.5, 0.6) is 0 Å². The quantitative estimate of drug-likeness (QED) is 0.800. The highest BCUT2D eigenvalue weighted by Gasteiger charge is 2.27. The van der Waals surface area contributed by atoms with E-state index in [-0.39, 0.29) is 0 Å². The van der Waals surface area contributed by atoms with Crippen molar-refractivity contribution < 1.29 is 9.90 Å². The van der Waals surface area contributed by atoms with E-state index in [4.69, 9.17) is 10.8 Å². The molecule has 2 heterocycles. The molecule has 90 valence electrons. The number of nitrogens with zero attached hydrogens (tertiary/aromatic N) is 1. The average Bonchev–Trinajstić information content (AvgIpc) is 2.73. The maximum Gasteiger partial charge on any atom is 0.325 e. The maximum atomic E-state index is 10.9. The van der Waals surface area contributed by atoms with Crippen molar-refractivity contribution >= 4 is 11.7 Å². The Hall–Kier alpha value is -1.55. The summed E-state index contributed by atoms with van der Waals surface area (Å²) in [5, 5.41) is 8.98. The van der Waals surface area contributed by atoms with Gasteiger partial charge in [0.05, 0.1) is 0 Å². The molecule has 0 aromatic heterocycles. The molecule has 2 aliphatic heterocycles. The zero-order valence-corrected chi connectivity index (χ0v) is 9.65. The fraction of sp³-hybridized carbons (Fsp3) is 0.462. The number of aliphatic carboxylic acids is 1. The van der Waals surface area contributed by atoms with E-state index in [1.54, 1.807) is 0 Å². The Morgan fingerprint density at radius 2 is 2.00 bits per heavy atom. The van der Waals surface area contributed by atoms with Crippen LogP contribution >= 0.6 is 0 Å². The maximum absolute atomic E-state index is 10.9. The van der Waals surface area contributed by atoms with Crippen LogP contribution in [-0.2, 0) is 17.6 Å². The summed E-state index contributed by atoms with van der Waals surface area (Å²) in [6.45, 7) is 2.19. The van der Waals surface area contributed by atoms with E-state index in [9.17, 15) is 4.79 Å². The molecule has 4 nitrogen and oxygen atoms in total. The van der Waals surface area contributed by atoms with Crippen LogP contribution in [0.15, 0.2) is 12.1 Å². The molecule has 0 bridgehead atoms. The smallest absolute Gasteiger partial charge is 0.325 e. The Balaban J connectivity index is 2.08. The third-order valence-corrected chi connectivity index (χ3v) is 3.76. The highest BCUT2D eigenvalue weighted by Crippen LogP contribution is 2.37. The van der Waals surface area contributed by atoms with E-state index in [0.717, 1.165) is 37.9 Å². The molecule has 0 saturated heterocycles. The zero-order chi connectivity index (χ0) is 12.0. The molecule has 1 aromatic carbocycles. The van der Waals surface area contributed by atoms with E-state index < -0.39 is 12.0 Å². The van der Waals surface area contributed by atoms with Gasteiger partial charge in [0.1, 0.15) is 6.04 Å². The van der Waals surface area contributed by atoms with Gasteiger partial charge in [-0.1, -0.05) is 12.1 Å². The van der Waals surface area contributed by atoms with Crippen molar-refractivity contribution in [1.29, 1.82) is 0 Å². The van der Waals surface area contributed by atoms with Crippen molar-refractivity contribution in [3.63, 3.8) is 0 Å². The first-order valence-corrected chi connectivity index (χ1v) is 6.06. The highest BCUT2D eigenvalue weighted by atomic mass is 16.4. The first-order chi connectivity index (χ1) is 8.16. The lowest BCUT2D eigenvalue weighted by Crippen LogP contribution is -2.27. The van der Waals surface area contributed by atoms with Gasteiger partial charge in [-0.05, 0) is 36.0 Å². The van der Waals surface area contributed by atoms with Crippen molar-refractivity contribution in [2.24, 2.45) is 5.73 Å². The standard InChI is InChI=1S/C13H16N2O2/c14-11(13(16)17)10-6-8-2-1-4-15-5-3-9(7-10)12(8)15/h6-7,11H,1-5,14H2,(H,16,17). The Morgan fingerprint density at radius 3 is 2.71 bits per heavy atom. The second-order valence-corrected chi connectivity index (χ2v) is 4.84. The van der Waals surface area contributed by atoms with E-state index in [0.29, 0.717) is 0 Å². The Labute approximate surface area is 100 Å². The van der Waals surface area contributed by atoms with Crippen molar-refractivity contribution in [1.82, 2.24) is 0 Å².